The molecule has 6 heteroatoms. The van der Waals surface area contributed by atoms with Crippen LogP contribution in [0, 0.1) is 0 Å². The van der Waals surface area contributed by atoms with E-state index in [9.17, 15) is 18.0 Å². The number of carbonyl (C=O) groups excluding carboxylic acids is 1. The first-order chi connectivity index (χ1) is 10.9. The maximum atomic E-state index is 13.2. The lowest BCUT2D eigenvalue weighted by atomic mass is 9.96. The van der Waals surface area contributed by atoms with Crippen LogP contribution in [0.2, 0.25) is 0 Å². The fraction of sp³-hybridized carbons (Fsp3) is 0.353. The number of rotatable bonds is 2. The zero-order valence-electron chi connectivity index (χ0n) is 12.6. The summed E-state index contributed by atoms with van der Waals surface area (Å²) in [6, 6.07) is 6.84. The number of benzene rings is 1. The highest BCUT2D eigenvalue weighted by Gasteiger charge is 2.38. The van der Waals surface area contributed by atoms with Gasteiger partial charge in [-0.3, -0.25) is 4.79 Å². The predicted molar refractivity (Wildman–Crippen MR) is 83.5 cm³/mol. The second-order valence-electron chi connectivity index (χ2n) is 5.52. The number of fused-ring (bicyclic) bond motifs is 1. The quantitative estimate of drug-likeness (QED) is 0.761. The van der Waals surface area contributed by atoms with Crippen LogP contribution >= 0.6 is 11.3 Å². The van der Waals surface area contributed by atoms with Crippen LogP contribution in [0.3, 0.4) is 0 Å². The normalized spacial score (nSPS) is 17.9. The number of alkyl halides is 3. The zero-order valence-corrected chi connectivity index (χ0v) is 13.4. The van der Waals surface area contributed by atoms with Gasteiger partial charge in [-0.1, -0.05) is 19.1 Å². The van der Waals surface area contributed by atoms with Gasteiger partial charge in [0, 0.05) is 11.4 Å². The number of hydrogen-bond donors (Lipinski definition) is 0. The highest BCUT2D eigenvalue weighted by atomic mass is 32.1. The Morgan fingerprint density at radius 2 is 2.04 bits per heavy atom. The van der Waals surface area contributed by atoms with Crippen molar-refractivity contribution < 1.29 is 18.0 Å². The molecule has 0 radical (unpaired) electrons. The van der Waals surface area contributed by atoms with Gasteiger partial charge in [0.1, 0.15) is 0 Å². The van der Waals surface area contributed by atoms with E-state index in [0.717, 1.165) is 11.6 Å². The summed E-state index contributed by atoms with van der Waals surface area (Å²) in [4.78, 5) is 15.6. The fourth-order valence-electron chi connectivity index (χ4n) is 3.15. The molecule has 2 heterocycles. The van der Waals surface area contributed by atoms with Crippen molar-refractivity contribution in [2.45, 2.75) is 32.0 Å². The van der Waals surface area contributed by atoms with Crippen molar-refractivity contribution in [2.24, 2.45) is 0 Å². The Labute approximate surface area is 136 Å². The van der Waals surface area contributed by atoms with E-state index in [2.05, 4.69) is 0 Å². The highest BCUT2D eigenvalue weighted by Crippen LogP contribution is 2.38. The van der Waals surface area contributed by atoms with Crippen LogP contribution in [0.1, 0.15) is 45.7 Å². The first kappa shape index (κ1) is 16.1. The molecule has 1 amide bonds. The van der Waals surface area contributed by atoms with Crippen LogP contribution in [0.5, 0.6) is 0 Å². The molecule has 1 aromatic heterocycles. The van der Waals surface area contributed by atoms with E-state index in [1.54, 1.807) is 16.2 Å². The third-order valence-electron chi connectivity index (χ3n) is 4.21. The van der Waals surface area contributed by atoms with E-state index < -0.39 is 17.6 Å². The standard InChI is InChI=1S/C17H16F3NOS/c1-2-14-12-8-10-23-15(12)7-9-21(14)16(22)11-5-3-4-6-13(11)17(18,19)20/h3-6,8,10,14H,2,7,9H2,1H3. The lowest BCUT2D eigenvalue weighted by Crippen LogP contribution is -2.40. The topological polar surface area (TPSA) is 20.3 Å². The summed E-state index contributed by atoms with van der Waals surface area (Å²) in [5.74, 6) is -0.540. The van der Waals surface area contributed by atoms with Crippen LogP contribution in [-0.2, 0) is 12.6 Å². The number of halogens is 3. The molecule has 0 spiro atoms. The van der Waals surface area contributed by atoms with Gasteiger partial charge in [0.05, 0.1) is 17.2 Å². The van der Waals surface area contributed by atoms with Gasteiger partial charge in [-0.05, 0) is 42.0 Å². The Hall–Kier alpha value is -1.82. The van der Waals surface area contributed by atoms with Crippen molar-refractivity contribution in [3.63, 3.8) is 0 Å². The first-order valence-corrected chi connectivity index (χ1v) is 8.35. The smallest absolute Gasteiger partial charge is 0.331 e. The lowest BCUT2D eigenvalue weighted by Gasteiger charge is -2.36. The van der Waals surface area contributed by atoms with E-state index in [-0.39, 0.29) is 11.6 Å². The van der Waals surface area contributed by atoms with Crippen LogP contribution in [0.15, 0.2) is 35.7 Å². The average Bonchev–Trinajstić information content (AvgIpc) is 3.01. The van der Waals surface area contributed by atoms with E-state index in [0.29, 0.717) is 19.4 Å². The highest BCUT2D eigenvalue weighted by molar-refractivity contribution is 7.10. The molecule has 0 fully saturated rings. The molecule has 3 rings (SSSR count). The van der Waals surface area contributed by atoms with E-state index in [1.807, 2.05) is 18.4 Å². The molecule has 1 unspecified atom stereocenters. The van der Waals surface area contributed by atoms with E-state index >= 15 is 0 Å². The minimum Gasteiger partial charge on any atom is -0.331 e. The van der Waals surface area contributed by atoms with Crippen LogP contribution < -0.4 is 0 Å². The summed E-state index contributed by atoms with van der Waals surface area (Å²) in [7, 11) is 0. The summed E-state index contributed by atoms with van der Waals surface area (Å²) < 4.78 is 39.5. The van der Waals surface area contributed by atoms with Gasteiger partial charge in [-0.25, -0.2) is 0 Å². The molecule has 1 aliphatic heterocycles. The Bertz CT molecular complexity index is 723. The minimum atomic E-state index is -4.53. The molecular weight excluding hydrogens is 323 g/mol. The third kappa shape index (κ3) is 2.87. The third-order valence-corrected chi connectivity index (χ3v) is 5.20. The molecule has 2 nitrogen and oxygen atoms in total. The summed E-state index contributed by atoms with van der Waals surface area (Å²) >= 11 is 1.64. The average molecular weight is 339 g/mol. The predicted octanol–water partition coefficient (Wildman–Crippen LogP) is 4.92. The Kier molecular flexibility index (Phi) is 4.19. The molecule has 2 aromatic rings. The van der Waals surface area contributed by atoms with Crippen LogP contribution in [-0.4, -0.2) is 17.4 Å². The number of thiophene rings is 1. The molecule has 122 valence electrons. The van der Waals surface area contributed by atoms with Crippen LogP contribution in [0.25, 0.3) is 0 Å². The monoisotopic (exact) mass is 339 g/mol. The van der Waals surface area contributed by atoms with Gasteiger partial charge in [-0.2, -0.15) is 13.2 Å². The maximum absolute atomic E-state index is 13.2. The molecule has 1 atom stereocenters. The maximum Gasteiger partial charge on any atom is 0.417 e. The van der Waals surface area contributed by atoms with Crippen molar-refractivity contribution in [3.05, 3.63) is 57.3 Å². The largest absolute Gasteiger partial charge is 0.417 e. The first-order valence-electron chi connectivity index (χ1n) is 7.47. The SMILES string of the molecule is CCC1c2ccsc2CCN1C(=O)c1ccccc1C(F)(F)F. The molecule has 0 saturated carbocycles. The molecule has 0 N–H and O–H groups in total. The number of carbonyl (C=O) groups is 1. The van der Waals surface area contributed by atoms with Gasteiger partial charge in [-0.15, -0.1) is 11.3 Å². The Morgan fingerprint density at radius 1 is 1.30 bits per heavy atom. The Morgan fingerprint density at radius 3 is 2.74 bits per heavy atom. The van der Waals surface area contributed by atoms with Crippen molar-refractivity contribution in [1.82, 2.24) is 4.90 Å². The summed E-state index contributed by atoms with van der Waals surface area (Å²) in [6.45, 7) is 2.41. The summed E-state index contributed by atoms with van der Waals surface area (Å²) in [5.41, 5.74) is -0.0605. The molecule has 0 saturated heterocycles. The van der Waals surface area contributed by atoms with Gasteiger partial charge < -0.3 is 4.90 Å². The minimum absolute atomic E-state index is 0.154. The van der Waals surface area contributed by atoms with Gasteiger partial charge in [0.2, 0.25) is 0 Å². The van der Waals surface area contributed by atoms with Crippen molar-refractivity contribution in [3.8, 4) is 0 Å². The second-order valence-corrected chi connectivity index (χ2v) is 6.52. The lowest BCUT2D eigenvalue weighted by molar-refractivity contribution is -0.138. The van der Waals surface area contributed by atoms with Gasteiger partial charge in [0.15, 0.2) is 0 Å². The molecule has 0 bridgehead atoms. The number of nitrogens with zero attached hydrogens (tertiary/aromatic N) is 1. The molecule has 23 heavy (non-hydrogen) atoms. The molecule has 0 aliphatic carbocycles. The Balaban J connectivity index is 1.99. The summed E-state index contributed by atoms with van der Waals surface area (Å²) in [5, 5.41) is 1.98. The van der Waals surface area contributed by atoms with Crippen molar-refractivity contribution in [2.75, 3.05) is 6.54 Å². The van der Waals surface area contributed by atoms with E-state index in [1.165, 1.54) is 23.1 Å². The molecule has 1 aliphatic rings. The van der Waals surface area contributed by atoms with Crippen molar-refractivity contribution >= 4 is 17.2 Å². The van der Waals surface area contributed by atoms with Gasteiger partial charge in [0.25, 0.3) is 5.91 Å². The van der Waals surface area contributed by atoms with E-state index in [4.69, 9.17) is 0 Å². The second kappa shape index (κ2) is 6.00. The van der Waals surface area contributed by atoms with Crippen molar-refractivity contribution in [1.29, 1.82) is 0 Å². The van der Waals surface area contributed by atoms with Gasteiger partial charge >= 0.3 is 6.18 Å². The number of hydrogen-bond acceptors (Lipinski definition) is 2. The summed E-state index contributed by atoms with van der Waals surface area (Å²) in [6.07, 6.45) is -3.15. The molecular formula is C17H16F3NOS. The van der Waals surface area contributed by atoms with Crippen LogP contribution in [0.4, 0.5) is 13.2 Å². The fourth-order valence-corrected chi connectivity index (χ4v) is 4.08. The zero-order chi connectivity index (χ0) is 16.6. The number of amides is 1. The molecule has 1 aromatic carbocycles.